The molecule has 3 N–H and O–H groups in total. The first kappa shape index (κ1) is 70.3. The van der Waals surface area contributed by atoms with Crippen molar-refractivity contribution in [1.29, 1.82) is 0 Å². The standard InChI is InChI=1S/C66H127NO5/c1-3-5-7-9-11-13-15-17-19-20-24-27-31-34-38-42-46-50-54-58-64(69)63(62-68)67-65(70)59-55-51-47-43-39-35-32-28-25-22-21-23-26-29-33-37-41-45-49-53-57-61-72-66(71)60-56-52-48-44-40-36-30-18-16-14-12-10-8-6-4-2/h18,30,54,58,63-64,68-69H,3-17,19-29,31-53,55-57,59-62H2,1-2H3,(H,67,70)/b30-18-,58-54+. The Labute approximate surface area is 450 Å². The van der Waals surface area contributed by atoms with E-state index in [0.29, 0.717) is 19.4 Å². The lowest BCUT2D eigenvalue weighted by Crippen LogP contribution is -2.45. The molecule has 1 amide bonds. The Kier molecular flexibility index (Phi) is 60.5. The molecular formula is C66H127NO5. The van der Waals surface area contributed by atoms with Gasteiger partial charge in [-0.1, -0.05) is 314 Å². The molecule has 2 atom stereocenters. The molecule has 0 spiro atoms. The molecule has 426 valence electrons. The molecule has 6 nitrogen and oxygen atoms in total. The van der Waals surface area contributed by atoms with Crippen LogP contribution in [0.2, 0.25) is 0 Å². The van der Waals surface area contributed by atoms with Crippen LogP contribution in [-0.2, 0) is 14.3 Å². The highest BCUT2D eigenvalue weighted by molar-refractivity contribution is 5.76. The van der Waals surface area contributed by atoms with Gasteiger partial charge in [-0.3, -0.25) is 9.59 Å². The molecule has 0 aliphatic carbocycles. The van der Waals surface area contributed by atoms with Gasteiger partial charge in [0.2, 0.25) is 5.91 Å². The normalized spacial score (nSPS) is 12.7. The summed E-state index contributed by atoms with van der Waals surface area (Å²) in [6, 6.07) is -0.629. The maximum absolute atomic E-state index is 12.5. The number of ether oxygens (including phenoxy) is 1. The second-order valence-electron chi connectivity index (χ2n) is 22.5. The van der Waals surface area contributed by atoms with E-state index in [2.05, 4.69) is 31.3 Å². The zero-order valence-corrected chi connectivity index (χ0v) is 48.7. The Morgan fingerprint density at radius 2 is 0.653 bits per heavy atom. The van der Waals surface area contributed by atoms with Gasteiger partial charge in [0, 0.05) is 12.8 Å². The van der Waals surface area contributed by atoms with E-state index in [9.17, 15) is 19.8 Å². The summed E-state index contributed by atoms with van der Waals surface area (Å²) in [5, 5.41) is 23.2. The third-order valence-electron chi connectivity index (χ3n) is 15.2. The summed E-state index contributed by atoms with van der Waals surface area (Å²) in [6.07, 6.45) is 76.5. The summed E-state index contributed by atoms with van der Waals surface area (Å²) >= 11 is 0. The fourth-order valence-electron chi connectivity index (χ4n) is 10.2. The number of hydrogen-bond donors (Lipinski definition) is 3. The van der Waals surface area contributed by atoms with Crippen molar-refractivity contribution in [2.24, 2.45) is 0 Å². The molecule has 6 heteroatoms. The van der Waals surface area contributed by atoms with Crippen LogP contribution in [0.1, 0.15) is 361 Å². The van der Waals surface area contributed by atoms with E-state index in [4.69, 9.17) is 4.74 Å². The highest BCUT2D eigenvalue weighted by Gasteiger charge is 2.18. The van der Waals surface area contributed by atoms with E-state index in [-0.39, 0.29) is 18.5 Å². The Balaban J connectivity index is 3.41. The number of nitrogens with one attached hydrogen (secondary N) is 1. The smallest absolute Gasteiger partial charge is 0.305 e. The zero-order valence-electron chi connectivity index (χ0n) is 48.7. The fraction of sp³-hybridized carbons (Fsp3) is 0.909. The van der Waals surface area contributed by atoms with Crippen molar-refractivity contribution in [1.82, 2.24) is 5.32 Å². The molecule has 0 fully saturated rings. The summed E-state index contributed by atoms with van der Waals surface area (Å²) in [4.78, 5) is 24.6. The fourth-order valence-corrected chi connectivity index (χ4v) is 10.2. The van der Waals surface area contributed by atoms with Crippen LogP contribution in [0.25, 0.3) is 0 Å². The van der Waals surface area contributed by atoms with Gasteiger partial charge in [0.1, 0.15) is 0 Å². The van der Waals surface area contributed by atoms with Gasteiger partial charge in [-0.05, 0) is 57.8 Å². The van der Waals surface area contributed by atoms with E-state index < -0.39 is 12.1 Å². The highest BCUT2D eigenvalue weighted by Crippen LogP contribution is 2.18. The third kappa shape index (κ3) is 57.6. The minimum atomic E-state index is -0.846. The minimum absolute atomic E-state index is 0.00406. The molecule has 0 saturated heterocycles. The number of allylic oxidation sites excluding steroid dienone is 3. The van der Waals surface area contributed by atoms with Gasteiger partial charge in [-0.15, -0.1) is 0 Å². The van der Waals surface area contributed by atoms with E-state index >= 15 is 0 Å². The number of aliphatic hydroxyl groups excluding tert-OH is 2. The number of amides is 1. The maximum Gasteiger partial charge on any atom is 0.305 e. The first-order valence-electron chi connectivity index (χ1n) is 32.6. The van der Waals surface area contributed by atoms with Gasteiger partial charge in [-0.2, -0.15) is 0 Å². The van der Waals surface area contributed by atoms with Crippen molar-refractivity contribution < 1.29 is 24.5 Å². The molecule has 0 aromatic rings. The molecule has 0 aliphatic heterocycles. The molecule has 0 saturated carbocycles. The summed E-state index contributed by atoms with van der Waals surface area (Å²) in [7, 11) is 0. The third-order valence-corrected chi connectivity index (χ3v) is 15.2. The van der Waals surface area contributed by atoms with Crippen LogP contribution >= 0.6 is 0 Å². The molecule has 0 radical (unpaired) electrons. The monoisotopic (exact) mass is 1010 g/mol. The van der Waals surface area contributed by atoms with Crippen LogP contribution in [0.5, 0.6) is 0 Å². The number of hydrogen-bond acceptors (Lipinski definition) is 5. The number of esters is 1. The van der Waals surface area contributed by atoms with Crippen LogP contribution in [0, 0.1) is 0 Å². The van der Waals surface area contributed by atoms with Gasteiger partial charge in [-0.25, -0.2) is 0 Å². The molecule has 72 heavy (non-hydrogen) atoms. The van der Waals surface area contributed by atoms with E-state index in [1.807, 2.05) is 6.08 Å². The van der Waals surface area contributed by atoms with E-state index in [1.54, 1.807) is 6.08 Å². The van der Waals surface area contributed by atoms with Crippen molar-refractivity contribution in [2.75, 3.05) is 13.2 Å². The molecule has 0 rings (SSSR count). The number of rotatable bonds is 61. The molecule has 0 aliphatic rings. The number of unbranched alkanes of at least 4 members (excludes halogenated alkanes) is 48. The average Bonchev–Trinajstić information content (AvgIpc) is 3.38. The second-order valence-corrected chi connectivity index (χ2v) is 22.5. The minimum Gasteiger partial charge on any atom is -0.466 e. The lowest BCUT2D eigenvalue weighted by Gasteiger charge is -2.20. The van der Waals surface area contributed by atoms with Crippen LogP contribution in [-0.4, -0.2) is 47.4 Å². The Morgan fingerprint density at radius 3 is 0.986 bits per heavy atom. The molecule has 2 unspecified atom stereocenters. The van der Waals surface area contributed by atoms with E-state index in [1.165, 1.54) is 289 Å². The summed E-state index contributed by atoms with van der Waals surface area (Å²) < 4.78 is 5.48. The van der Waals surface area contributed by atoms with Crippen LogP contribution in [0.15, 0.2) is 24.3 Å². The Morgan fingerprint density at radius 1 is 0.375 bits per heavy atom. The highest BCUT2D eigenvalue weighted by atomic mass is 16.5. The second kappa shape index (κ2) is 61.9. The number of aliphatic hydroxyl groups is 2. The lowest BCUT2D eigenvalue weighted by molar-refractivity contribution is -0.143. The summed E-state index contributed by atoms with van der Waals surface area (Å²) in [5.74, 6) is -0.0619. The predicted molar refractivity (Wildman–Crippen MR) is 315 cm³/mol. The summed E-state index contributed by atoms with van der Waals surface area (Å²) in [5.41, 5.74) is 0. The van der Waals surface area contributed by atoms with Crippen LogP contribution in [0.3, 0.4) is 0 Å². The molecule has 0 aromatic heterocycles. The Bertz CT molecular complexity index is 1120. The van der Waals surface area contributed by atoms with Gasteiger partial charge >= 0.3 is 5.97 Å². The number of carbonyl (C=O) groups is 2. The van der Waals surface area contributed by atoms with Crippen molar-refractivity contribution in [3.05, 3.63) is 24.3 Å². The molecule has 0 bridgehead atoms. The van der Waals surface area contributed by atoms with Crippen molar-refractivity contribution in [3.63, 3.8) is 0 Å². The topological polar surface area (TPSA) is 95.9 Å². The van der Waals surface area contributed by atoms with Crippen LogP contribution < -0.4 is 5.32 Å². The SMILES string of the molecule is CCCCCCCC/C=C\CCCCCCCC(=O)OCCCCCCCCCCCCCCCCCCCCCCCC(=O)NC(CO)C(O)/C=C/CCCCCCCCCCCCCCCCCCC. The molecule has 0 aromatic carbocycles. The number of carbonyl (C=O) groups excluding carboxylic acids is 2. The van der Waals surface area contributed by atoms with Gasteiger partial charge in [0.15, 0.2) is 0 Å². The quantitative estimate of drug-likeness (QED) is 0.0320. The maximum atomic E-state index is 12.5. The van der Waals surface area contributed by atoms with Crippen molar-refractivity contribution >= 4 is 11.9 Å². The first-order valence-corrected chi connectivity index (χ1v) is 32.6. The van der Waals surface area contributed by atoms with E-state index in [0.717, 1.165) is 44.9 Å². The lowest BCUT2D eigenvalue weighted by atomic mass is 10.0. The largest absolute Gasteiger partial charge is 0.466 e. The molecule has 0 heterocycles. The van der Waals surface area contributed by atoms with Gasteiger partial charge < -0.3 is 20.3 Å². The van der Waals surface area contributed by atoms with Gasteiger partial charge in [0.25, 0.3) is 0 Å². The molecular weight excluding hydrogens is 887 g/mol. The average molecular weight is 1010 g/mol. The predicted octanol–water partition coefficient (Wildman–Crippen LogP) is 20.6. The Hall–Kier alpha value is -1.66. The zero-order chi connectivity index (χ0) is 52.2. The van der Waals surface area contributed by atoms with Crippen LogP contribution in [0.4, 0.5) is 0 Å². The van der Waals surface area contributed by atoms with Crippen molar-refractivity contribution in [2.45, 2.75) is 373 Å². The summed E-state index contributed by atoms with van der Waals surface area (Å²) in [6.45, 7) is 4.92. The van der Waals surface area contributed by atoms with Gasteiger partial charge in [0.05, 0.1) is 25.4 Å². The first-order chi connectivity index (χ1) is 35.5. The van der Waals surface area contributed by atoms with Crippen molar-refractivity contribution in [3.8, 4) is 0 Å².